The Bertz CT molecular complexity index is 542. The molecule has 0 radical (unpaired) electrons. The fourth-order valence-corrected chi connectivity index (χ4v) is 1.71. The van der Waals surface area contributed by atoms with Gasteiger partial charge in [0.25, 0.3) is 0 Å². The van der Waals surface area contributed by atoms with Gasteiger partial charge in [-0.25, -0.2) is 0 Å². The minimum atomic E-state index is 0.0529. The molecule has 1 unspecified atom stereocenters. The van der Waals surface area contributed by atoms with Crippen LogP contribution in [0.5, 0.6) is 0 Å². The first-order chi connectivity index (χ1) is 8.29. The average Bonchev–Trinajstić information content (AvgIpc) is 2.38. The number of nitrogens with zero attached hydrogens (tertiary/aromatic N) is 2. The molecule has 1 atom stereocenters. The smallest absolute Gasteiger partial charge is 0.0702 e. The monoisotopic (exact) mass is 225 g/mol. The van der Waals surface area contributed by atoms with Gasteiger partial charge in [-0.05, 0) is 30.7 Å². The quantitative estimate of drug-likeness (QED) is 0.869. The van der Waals surface area contributed by atoms with E-state index in [-0.39, 0.29) is 5.92 Å². The number of nitriles is 1. The molecule has 0 saturated heterocycles. The van der Waals surface area contributed by atoms with Crippen LogP contribution in [0.25, 0.3) is 10.9 Å². The average molecular weight is 225 g/mol. The Morgan fingerprint density at radius 3 is 3.12 bits per heavy atom. The molecule has 17 heavy (non-hydrogen) atoms. The van der Waals surface area contributed by atoms with Crippen molar-refractivity contribution in [2.45, 2.75) is 13.5 Å². The molecule has 1 aromatic heterocycles. The first-order valence-electron chi connectivity index (χ1n) is 5.73. The van der Waals surface area contributed by atoms with Crippen molar-refractivity contribution in [2.24, 2.45) is 5.92 Å². The van der Waals surface area contributed by atoms with Crippen molar-refractivity contribution in [3.05, 3.63) is 42.1 Å². The zero-order valence-corrected chi connectivity index (χ0v) is 9.85. The molecule has 2 rings (SSSR count). The molecule has 86 valence electrons. The van der Waals surface area contributed by atoms with E-state index in [1.165, 1.54) is 5.56 Å². The van der Waals surface area contributed by atoms with Crippen molar-refractivity contribution in [3.8, 4) is 6.07 Å². The maximum atomic E-state index is 8.68. The molecule has 2 aromatic rings. The molecule has 3 nitrogen and oxygen atoms in total. The summed E-state index contributed by atoms with van der Waals surface area (Å²) in [6.07, 6.45) is 1.80. The van der Waals surface area contributed by atoms with Crippen molar-refractivity contribution < 1.29 is 0 Å². The second-order valence-corrected chi connectivity index (χ2v) is 4.19. The third kappa shape index (κ3) is 3.02. The van der Waals surface area contributed by atoms with Gasteiger partial charge in [0, 0.05) is 24.7 Å². The van der Waals surface area contributed by atoms with E-state index in [9.17, 15) is 0 Å². The van der Waals surface area contributed by atoms with Gasteiger partial charge >= 0.3 is 0 Å². The zero-order valence-electron chi connectivity index (χ0n) is 9.85. The molecule has 3 heteroatoms. The molecule has 1 heterocycles. The SMILES string of the molecule is CC(C#N)CNCc1ccc2ncccc2c1. The second-order valence-electron chi connectivity index (χ2n) is 4.19. The molecule has 1 N–H and O–H groups in total. The zero-order chi connectivity index (χ0) is 12.1. The van der Waals surface area contributed by atoms with Gasteiger partial charge < -0.3 is 5.32 Å². The molecule has 0 amide bonds. The molecule has 0 aliphatic rings. The van der Waals surface area contributed by atoms with Gasteiger partial charge in [0.2, 0.25) is 0 Å². The summed E-state index contributed by atoms with van der Waals surface area (Å²) in [4.78, 5) is 4.28. The Morgan fingerprint density at radius 2 is 2.29 bits per heavy atom. The van der Waals surface area contributed by atoms with Gasteiger partial charge in [0.15, 0.2) is 0 Å². The first kappa shape index (κ1) is 11.6. The van der Waals surface area contributed by atoms with Crippen LogP contribution in [0.2, 0.25) is 0 Å². The molecule has 0 fully saturated rings. The molecular formula is C14H15N3. The van der Waals surface area contributed by atoms with Gasteiger partial charge in [-0.1, -0.05) is 12.1 Å². The van der Waals surface area contributed by atoms with E-state index in [0.717, 1.165) is 24.0 Å². The maximum Gasteiger partial charge on any atom is 0.0702 e. The molecule has 0 aliphatic carbocycles. The predicted molar refractivity (Wildman–Crippen MR) is 68.2 cm³/mol. The Morgan fingerprint density at radius 1 is 1.41 bits per heavy atom. The first-order valence-corrected chi connectivity index (χ1v) is 5.73. The van der Waals surface area contributed by atoms with E-state index in [4.69, 9.17) is 5.26 Å². The number of hydrogen-bond acceptors (Lipinski definition) is 3. The number of pyridine rings is 1. The van der Waals surface area contributed by atoms with Crippen LogP contribution in [0.1, 0.15) is 12.5 Å². The topological polar surface area (TPSA) is 48.7 Å². The number of fused-ring (bicyclic) bond motifs is 1. The van der Waals surface area contributed by atoms with Crippen molar-refractivity contribution in [3.63, 3.8) is 0 Å². The van der Waals surface area contributed by atoms with Crippen LogP contribution < -0.4 is 5.32 Å². The summed E-state index contributed by atoms with van der Waals surface area (Å²) in [5.41, 5.74) is 2.23. The molecular weight excluding hydrogens is 210 g/mol. The highest BCUT2D eigenvalue weighted by molar-refractivity contribution is 5.78. The van der Waals surface area contributed by atoms with Gasteiger partial charge in [0.05, 0.1) is 17.5 Å². The van der Waals surface area contributed by atoms with Crippen LogP contribution in [0.15, 0.2) is 36.5 Å². The number of hydrogen-bond donors (Lipinski definition) is 1. The van der Waals surface area contributed by atoms with Crippen LogP contribution >= 0.6 is 0 Å². The summed E-state index contributed by atoms with van der Waals surface area (Å²) < 4.78 is 0. The molecule has 0 saturated carbocycles. The Kier molecular flexibility index (Phi) is 3.69. The van der Waals surface area contributed by atoms with Crippen LogP contribution in [0.3, 0.4) is 0 Å². The summed E-state index contributed by atoms with van der Waals surface area (Å²) in [6, 6.07) is 12.4. The molecule has 0 aliphatic heterocycles. The summed E-state index contributed by atoms with van der Waals surface area (Å²) in [5.74, 6) is 0.0529. The third-order valence-corrected chi connectivity index (χ3v) is 2.67. The molecule has 0 spiro atoms. The van der Waals surface area contributed by atoms with E-state index in [0.29, 0.717) is 0 Å². The Hall–Kier alpha value is -1.92. The van der Waals surface area contributed by atoms with Gasteiger partial charge in [-0.2, -0.15) is 5.26 Å². The highest BCUT2D eigenvalue weighted by atomic mass is 14.9. The highest BCUT2D eigenvalue weighted by Gasteiger charge is 2.00. The van der Waals surface area contributed by atoms with E-state index >= 15 is 0 Å². The highest BCUT2D eigenvalue weighted by Crippen LogP contribution is 2.13. The molecule has 0 bridgehead atoms. The lowest BCUT2D eigenvalue weighted by Crippen LogP contribution is -2.19. The van der Waals surface area contributed by atoms with Crippen molar-refractivity contribution in [1.82, 2.24) is 10.3 Å². The number of nitrogens with one attached hydrogen (secondary N) is 1. The minimum Gasteiger partial charge on any atom is -0.311 e. The lowest BCUT2D eigenvalue weighted by molar-refractivity contribution is 0.602. The van der Waals surface area contributed by atoms with Crippen LogP contribution in [-0.4, -0.2) is 11.5 Å². The predicted octanol–water partition coefficient (Wildman–Crippen LogP) is 2.48. The number of benzene rings is 1. The lowest BCUT2D eigenvalue weighted by Gasteiger charge is -2.06. The van der Waals surface area contributed by atoms with E-state index < -0.39 is 0 Å². The summed E-state index contributed by atoms with van der Waals surface area (Å²) >= 11 is 0. The van der Waals surface area contributed by atoms with E-state index in [1.807, 2.05) is 19.1 Å². The Balaban J connectivity index is 2.02. The fourth-order valence-electron chi connectivity index (χ4n) is 1.71. The summed E-state index contributed by atoms with van der Waals surface area (Å²) in [5, 5.41) is 13.1. The standard InChI is InChI=1S/C14H15N3/c1-11(8-15)9-16-10-12-4-5-14-13(7-12)3-2-6-17-14/h2-7,11,16H,9-10H2,1H3. The normalized spacial score (nSPS) is 12.2. The van der Waals surface area contributed by atoms with Crippen molar-refractivity contribution in [2.75, 3.05) is 6.54 Å². The maximum absolute atomic E-state index is 8.68. The Labute approximate surface area is 101 Å². The van der Waals surface area contributed by atoms with Crippen molar-refractivity contribution in [1.29, 1.82) is 5.26 Å². The van der Waals surface area contributed by atoms with Crippen LogP contribution in [0.4, 0.5) is 0 Å². The van der Waals surface area contributed by atoms with Crippen molar-refractivity contribution >= 4 is 10.9 Å². The van der Waals surface area contributed by atoms with E-state index in [1.54, 1.807) is 6.20 Å². The minimum absolute atomic E-state index is 0.0529. The summed E-state index contributed by atoms with van der Waals surface area (Å²) in [7, 11) is 0. The van der Waals surface area contributed by atoms with Crippen LogP contribution in [0, 0.1) is 17.2 Å². The number of aromatic nitrogens is 1. The van der Waals surface area contributed by atoms with Gasteiger partial charge in [0.1, 0.15) is 0 Å². The van der Waals surface area contributed by atoms with Gasteiger partial charge in [-0.15, -0.1) is 0 Å². The largest absolute Gasteiger partial charge is 0.311 e. The fraction of sp³-hybridized carbons (Fsp3) is 0.286. The molecule has 1 aromatic carbocycles. The van der Waals surface area contributed by atoms with Gasteiger partial charge in [-0.3, -0.25) is 4.98 Å². The van der Waals surface area contributed by atoms with E-state index in [2.05, 4.69) is 34.6 Å². The van der Waals surface area contributed by atoms with Crippen LogP contribution in [-0.2, 0) is 6.54 Å². The summed E-state index contributed by atoms with van der Waals surface area (Å²) in [6.45, 7) is 3.43. The third-order valence-electron chi connectivity index (χ3n) is 2.67. The second kappa shape index (κ2) is 5.42. The lowest BCUT2D eigenvalue weighted by atomic mass is 10.1. The number of rotatable bonds is 4.